The zero-order chi connectivity index (χ0) is 17.6. The first-order chi connectivity index (χ1) is 12.0. The highest BCUT2D eigenvalue weighted by Gasteiger charge is 2.16. The Labute approximate surface area is 160 Å². The van der Waals surface area contributed by atoms with Gasteiger partial charge in [0.1, 0.15) is 0 Å². The average Bonchev–Trinajstić information content (AvgIpc) is 3.13. The molecule has 0 aliphatic carbocycles. The fraction of sp³-hybridized carbons (Fsp3) is 0. The van der Waals surface area contributed by atoms with E-state index in [2.05, 4.69) is 10.2 Å². The Morgan fingerprint density at radius 1 is 0.960 bits per heavy atom. The molecule has 124 valence electrons. The average molecular weight is 409 g/mol. The fourth-order valence-corrected chi connectivity index (χ4v) is 3.87. The van der Waals surface area contributed by atoms with Crippen molar-refractivity contribution in [2.45, 2.75) is 0 Å². The number of hydrogen-bond acceptors (Lipinski definition) is 4. The molecule has 4 aromatic rings. The highest BCUT2D eigenvalue weighted by atomic mass is 35.5. The maximum atomic E-state index is 12.8. The Hall–Kier alpha value is -1.92. The van der Waals surface area contributed by atoms with Gasteiger partial charge in [-0.2, -0.15) is 0 Å². The number of benzene rings is 2. The van der Waals surface area contributed by atoms with E-state index in [1.54, 1.807) is 36.4 Å². The molecule has 4 rings (SSSR count). The molecule has 0 bridgehead atoms. The van der Waals surface area contributed by atoms with Crippen LogP contribution >= 0.6 is 46.1 Å². The van der Waals surface area contributed by atoms with Gasteiger partial charge in [0.05, 0.1) is 19.6 Å². The van der Waals surface area contributed by atoms with Crippen LogP contribution < -0.4 is 10.1 Å². The first kappa shape index (κ1) is 16.5. The Morgan fingerprint density at radius 3 is 2.52 bits per heavy atom. The lowest BCUT2D eigenvalue weighted by atomic mass is 10.2. The summed E-state index contributed by atoms with van der Waals surface area (Å²) in [5, 5.41) is 9.61. The Kier molecular flexibility index (Phi) is 4.25. The molecule has 0 spiro atoms. The molecule has 0 aliphatic heterocycles. The topological polar surface area (TPSA) is 47.3 Å². The molecule has 2 aromatic carbocycles. The summed E-state index contributed by atoms with van der Waals surface area (Å²) in [6, 6.07) is 12.4. The van der Waals surface area contributed by atoms with E-state index in [0.717, 1.165) is 5.56 Å². The Bertz CT molecular complexity index is 1220. The second kappa shape index (κ2) is 6.42. The molecule has 0 radical (unpaired) electrons. The van der Waals surface area contributed by atoms with Crippen LogP contribution in [0, 0.1) is 0 Å². The van der Waals surface area contributed by atoms with E-state index in [4.69, 9.17) is 34.8 Å². The van der Waals surface area contributed by atoms with Gasteiger partial charge in [-0.15, -0.1) is 10.2 Å². The van der Waals surface area contributed by atoms with Gasteiger partial charge in [-0.1, -0.05) is 64.3 Å². The van der Waals surface area contributed by atoms with Crippen LogP contribution in [-0.2, 0) is 0 Å². The van der Waals surface area contributed by atoms with Crippen LogP contribution in [0.5, 0.6) is 0 Å². The van der Waals surface area contributed by atoms with Gasteiger partial charge in [0, 0.05) is 5.56 Å². The summed E-state index contributed by atoms with van der Waals surface area (Å²) in [7, 11) is 0. The molecule has 2 aromatic heterocycles. The first-order valence-electron chi connectivity index (χ1n) is 7.14. The van der Waals surface area contributed by atoms with Crippen LogP contribution in [0.3, 0.4) is 0 Å². The minimum absolute atomic E-state index is 0.203. The number of hydrogen-bond donors (Lipinski definition) is 0. The van der Waals surface area contributed by atoms with Gasteiger partial charge in [-0.3, -0.25) is 4.79 Å². The fourth-order valence-electron chi connectivity index (χ4n) is 2.43. The minimum Gasteiger partial charge on any atom is -0.267 e. The molecular formula is C17H8Cl3N3OS. The molecule has 8 heteroatoms. The Morgan fingerprint density at radius 2 is 1.76 bits per heavy atom. The number of thiazole rings is 1. The number of aromatic nitrogens is 3. The van der Waals surface area contributed by atoms with Crippen LogP contribution in [0.4, 0.5) is 0 Å². The summed E-state index contributed by atoms with van der Waals surface area (Å²) in [4.78, 5) is 13.3. The van der Waals surface area contributed by atoms with E-state index in [9.17, 15) is 4.79 Å². The van der Waals surface area contributed by atoms with Gasteiger partial charge in [-0.25, -0.2) is 4.40 Å². The SMILES string of the molecule is O=c1c(=Cc2ccc(Cl)c(Cl)c2)sc2nnc(-c3ccccc3Cl)n12. The van der Waals surface area contributed by atoms with E-state index in [1.165, 1.54) is 15.7 Å². The largest absolute Gasteiger partial charge is 0.276 e. The quantitative estimate of drug-likeness (QED) is 0.496. The van der Waals surface area contributed by atoms with Crippen LogP contribution in [0.25, 0.3) is 22.4 Å². The summed E-state index contributed by atoms with van der Waals surface area (Å²) in [6.45, 7) is 0. The maximum absolute atomic E-state index is 12.8. The van der Waals surface area contributed by atoms with E-state index < -0.39 is 0 Å². The lowest BCUT2D eigenvalue weighted by Crippen LogP contribution is -2.23. The molecule has 0 fully saturated rings. The van der Waals surface area contributed by atoms with Crippen molar-refractivity contribution >= 4 is 57.2 Å². The third-order valence-electron chi connectivity index (χ3n) is 3.60. The van der Waals surface area contributed by atoms with Gasteiger partial charge in [0.15, 0.2) is 5.82 Å². The highest BCUT2D eigenvalue weighted by Crippen LogP contribution is 2.26. The van der Waals surface area contributed by atoms with Crippen LogP contribution in [0.15, 0.2) is 47.3 Å². The predicted octanol–water partition coefficient (Wildman–Crippen LogP) is 4.33. The molecule has 0 N–H and O–H groups in total. The van der Waals surface area contributed by atoms with Gasteiger partial charge >= 0.3 is 0 Å². The second-order valence-electron chi connectivity index (χ2n) is 5.21. The van der Waals surface area contributed by atoms with Gasteiger partial charge in [0.2, 0.25) is 4.96 Å². The zero-order valence-electron chi connectivity index (χ0n) is 12.4. The van der Waals surface area contributed by atoms with E-state index >= 15 is 0 Å². The minimum atomic E-state index is -0.203. The molecule has 0 aliphatic rings. The van der Waals surface area contributed by atoms with Crippen molar-refractivity contribution in [1.29, 1.82) is 0 Å². The molecule has 25 heavy (non-hydrogen) atoms. The van der Waals surface area contributed by atoms with Crippen molar-refractivity contribution < 1.29 is 0 Å². The highest BCUT2D eigenvalue weighted by molar-refractivity contribution is 7.15. The van der Waals surface area contributed by atoms with Crippen molar-refractivity contribution in [1.82, 2.24) is 14.6 Å². The molecule has 0 amide bonds. The normalized spacial score (nSPS) is 12.2. The third kappa shape index (κ3) is 2.93. The molecule has 0 atom stereocenters. The summed E-state index contributed by atoms with van der Waals surface area (Å²) in [6.07, 6.45) is 1.75. The van der Waals surface area contributed by atoms with Gasteiger partial charge in [0.25, 0.3) is 5.56 Å². The van der Waals surface area contributed by atoms with Crippen molar-refractivity contribution in [3.8, 4) is 11.4 Å². The molecule has 2 heterocycles. The molecule has 0 unspecified atom stereocenters. The molecular weight excluding hydrogens is 401 g/mol. The lowest BCUT2D eigenvalue weighted by molar-refractivity contribution is 1.09. The van der Waals surface area contributed by atoms with Crippen LogP contribution in [0.1, 0.15) is 5.56 Å². The van der Waals surface area contributed by atoms with Crippen LogP contribution in [-0.4, -0.2) is 14.6 Å². The van der Waals surface area contributed by atoms with E-state index in [1.807, 2.05) is 12.1 Å². The van der Waals surface area contributed by atoms with Crippen molar-refractivity contribution in [2.24, 2.45) is 0 Å². The zero-order valence-corrected chi connectivity index (χ0v) is 15.5. The van der Waals surface area contributed by atoms with Crippen LogP contribution in [0.2, 0.25) is 15.1 Å². The second-order valence-corrected chi connectivity index (χ2v) is 7.44. The number of nitrogens with zero attached hydrogens (tertiary/aromatic N) is 3. The number of halogens is 3. The molecule has 0 saturated heterocycles. The first-order valence-corrected chi connectivity index (χ1v) is 9.09. The van der Waals surface area contributed by atoms with Crippen molar-refractivity contribution in [3.63, 3.8) is 0 Å². The monoisotopic (exact) mass is 407 g/mol. The van der Waals surface area contributed by atoms with Gasteiger partial charge in [-0.05, 0) is 35.9 Å². The molecule has 4 nitrogen and oxygen atoms in total. The van der Waals surface area contributed by atoms with Gasteiger partial charge < -0.3 is 0 Å². The Balaban J connectivity index is 1.93. The summed E-state index contributed by atoms with van der Waals surface area (Å²) >= 11 is 19.4. The number of rotatable bonds is 2. The van der Waals surface area contributed by atoms with Crippen molar-refractivity contribution in [2.75, 3.05) is 0 Å². The molecule has 0 saturated carbocycles. The smallest absolute Gasteiger partial charge is 0.267 e. The van der Waals surface area contributed by atoms with Crippen molar-refractivity contribution in [3.05, 3.63) is 78.0 Å². The summed E-state index contributed by atoms with van der Waals surface area (Å²) in [5.41, 5.74) is 1.24. The third-order valence-corrected chi connectivity index (χ3v) is 5.63. The number of fused-ring (bicyclic) bond motifs is 1. The lowest BCUT2D eigenvalue weighted by Gasteiger charge is -1.99. The predicted molar refractivity (Wildman–Crippen MR) is 103 cm³/mol. The maximum Gasteiger partial charge on any atom is 0.276 e. The summed E-state index contributed by atoms with van der Waals surface area (Å²) < 4.78 is 1.99. The standard InChI is InChI=1S/C17H8Cl3N3OS/c18-11-4-2-1-3-10(11)15-21-22-17-23(15)16(24)14(25-17)8-9-5-6-12(19)13(20)7-9/h1-8H. The van der Waals surface area contributed by atoms with E-state index in [0.29, 0.717) is 35.9 Å². The summed E-state index contributed by atoms with van der Waals surface area (Å²) in [5.74, 6) is 0.427. The van der Waals surface area contributed by atoms with E-state index in [-0.39, 0.29) is 5.56 Å².